The van der Waals surface area contributed by atoms with Gasteiger partial charge in [-0.15, -0.1) is 0 Å². The Balaban J connectivity index is 2.48. The average Bonchev–Trinajstić information content (AvgIpc) is 2.51. The van der Waals surface area contributed by atoms with Crippen LogP contribution < -0.4 is 9.47 Å². The summed E-state index contributed by atoms with van der Waals surface area (Å²) in [6.07, 6.45) is -0.301. The molecule has 0 aliphatic carbocycles. The monoisotopic (exact) mass is 257 g/mol. The molecule has 0 N–H and O–H groups in total. The Kier molecular flexibility index (Phi) is 2.41. The van der Waals surface area contributed by atoms with Crippen LogP contribution in [0.1, 0.15) is 12.5 Å². The molecule has 0 spiro atoms. The van der Waals surface area contributed by atoms with E-state index >= 15 is 0 Å². The predicted molar refractivity (Wildman–Crippen MR) is 54.4 cm³/mol. The first-order valence-electron chi connectivity index (χ1n) is 4.16. The number of rotatable bonds is 2. The highest BCUT2D eigenvalue weighted by Gasteiger charge is 2.24. The Hall–Kier alpha value is -1.10. The lowest BCUT2D eigenvalue weighted by atomic mass is 10.2. The third-order valence-electron chi connectivity index (χ3n) is 1.97. The number of nitroso groups, excluding NO2 is 1. The fourth-order valence-electron chi connectivity index (χ4n) is 1.39. The largest absolute Gasteiger partial charge is 0.451 e. The van der Waals surface area contributed by atoms with Gasteiger partial charge in [-0.25, -0.2) is 0 Å². The molecule has 1 aromatic rings. The summed E-state index contributed by atoms with van der Waals surface area (Å²) in [5, 5.41) is 2.85. The molecule has 1 atom stereocenters. The number of nitrogens with zero attached hydrogens (tertiary/aromatic N) is 1. The second kappa shape index (κ2) is 3.57. The van der Waals surface area contributed by atoms with Crippen LogP contribution in [0.4, 0.5) is 0 Å². The molecule has 1 unspecified atom stereocenters. The summed E-state index contributed by atoms with van der Waals surface area (Å²) in [6, 6.07) is 3.62. The maximum atomic E-state index is 10.2. The lowest BCUT2D eigenvalue weighted by molar-refractivity contribution is 0.0673. The van der Waals surface area contributed by atoms with Crippen molar-refractivity contribution in [3.8, 4) is 11.5 Å². The van der Waals surface area contributed by atoms with Crippen molar-refractivity contribution in [2.75, 3.05) is 0 Å². The molecule has 2 rings (SSSR count). The number of ether oxygens (including phenoxy) is 2. The van der Waals surface area contributed by atoms with Gasteiger partial charge in [-0.1, -0.05) is 21.1 Å². The summed E-state index contributed by atoms with van der Waals surface area (Å²) in [4.78, 5) is 10.2. The van der Waals surface area contributed by atoms with Crippen LogP contribution >= 0.6 is 15.9 Å². The van der Waals surface area contributed by atoms with Gasteiger partial charge in [0.25, 0.3) is 0 Å². The highest BCUT2D eigenvalue weighted by molar-refractivity contribution is 9.10. The van der Waals surface area contributed by atoms with Gasteiger partial charge < -0.3 is 9.47 Å². The number of halogens is 1. The van der Waals surface area contributed by atoms with Crippen LogP contribution in [0.25, 0.3) is 0 Å². The second-order valence-corrected chi connectivity index (χ2v) is 3.80. The summed E-state index contributed by atoms with van der Waals surface area (Å²) in [7, 11) is 0. The van der Waals surface area contributed by atoms with Crippen molar-refractivity contribution in [2.45, 2.75) is 19.8 Å². The molecule has 1 aliphatic heterocycles. The van der Waals surface area contributed by atoms with Crippen LogP contribution in [0.5, 0.6) is 11.5 Å². The molecule has 0 saturated heterocycles. The van der Waals surface area contributed by atoms with E-state index in [1.54, 1.807) is 13.0 Å². The fourth-order valence-corrected chi connectivity index (χ4v) is 1.82. The summed E-state index contributed by atoms with van der Waals surface area (Å²) in [5.74, 6) is 1.28. The molecule has 0 saturated carbocycles. The first-order chi connectivity index (χ1) is 6.72. The molecule has 14 heavy (non-hydrogen) atoms. The molecule has 74 valence electrons. The first-order valence-corrected chi connectivity index (χ1v) is 4.95. The molecule has 0 amide bonds. The smallest absolute Gasteiger partial charge is 0.238 e. The topological polar surface area (TPSA) is 47.9 Å². The van der Waals surface area contributed by atoms with Crippen LogP contribution in [-0.2, 0) is 6.54 Å². The summed E-state index contributed by atoms with van der Waals surface area (Å²) in [6.45, 7) is 1.88. The van der Waals surface area contributed by atoms with E-state index in [9.17, 15) is 4.91 Å². The predicted octanol–water partition coefficient (Wildman–Crippen LogP) is 2.83. The number of benzene rings is 1. The molecule has 0 radical (unpaired) electrons. The Morgan fingerprint density at radius 1 is 1.50 bits per heavy atom. The minimum Gasteiger partial charge on any atom is -0.451 e. The van der Waals surface area contributed by atoms with Gasteiger partial charge in [0.15, 0.2) is 11.5 Å². The zero-order valence-electron chi connectivity index (χ0n) is 7.49. The van der Waals surface area contributed by atoms with E-state index in [2.05, 4.69) is 21.1 Å². The third kappa shape index (κ3) is 1.48. The van der Waals surface area contributed by atoms with E-state index in [1.165, 1.54) is 0 Å². The Morgan fingerprint density at radius 2 is 2.29 bits per heavy atom. The Labute approximate surface area is 89.3 Å². The molecule has 1 aliphatic rings. The highest BCUT2D eigenvalue weighted by Crippen LogP contribution is 2.41. The van der Waals surface area contributed by atoms with E-state index < -0.39 is 0 Å². The zero-order chi connectivity index (χ0) is 10.1. The highest BCUT2D eigenvalue weighted by atomic mass is 79.9. The molecule has 0 fully saturated rings. The van der Waals surface area contributed by atoms with Crippen LogP contribution in [0.3, 0.4) is 0 Å². The molecular weight excluding hydrogens is 250 g/mol. The fraction of sp³-hybridized carbons (Fsp3) is 0.333. The van der Waals surface area contributed by atoms with Crippen molar-refractivity contribution in [3.05, 3.63) is 27.1 Å². The minimum atomic E-state index is -0.301. The molecule has 1 heterocycles. The van der Waals surface area contributed by atoms with E-state index in [0.29, 0.717) is 11.5 Å². The van der Waals surface area contributed by atoms with Crippen molar-refractivity contribution < 1.29 is 9.47 Å². The lowest BCUT2D eigenvalue weighted by Crippen LogP contribution is -2.11. The number of fused-ring (bicyclic) bond motifs is 1. The summed E-state index contributed by atoms with van der Waals surface area (Å²) < 4.78 is 11.6. The van der Waals surface area contributed by atoms with Gasteiger partial charge in [-0.05, 0) is 12.1 Å². The number of hydrogen-bond donors (Lipinski definition) is 0. The number of hydrogen-bond acceptors (Lipinski definition) is 4. The lowest BCUT2D eigenvalue weighted by Gasteiger charge is -2.04. The Morgan fingerprint density at radius 3 is 3.00 bits per heavy atom. The van der Waals surface area contributed by atoms with Gasteiger partial charge in [-0.2, -0.15) is 4.91 Å². The van der Waals surface area contributed by atoms with Gasteiger partial charge in [-0.3, -0.25) is 0 Å². The first kappa shape index (κ1) is 9.45. The van der Waals surface area contributed by atoms with Crippen LogP contribution in [-0.4, -0.2) is 6.29 Å². The van der Waals surface area contributed by atoms with Crippen molar-refractivity contribution in [3.63, 3.8) is 0 Å². The molecule has 1 aromatic carbocycles. The van der Waals surface area contributed by atoms with E-state index in [0.717, 1.165) is 10.0 Å². The van der Waals surface area contributed by atoms with Gasteiger partial charge in [0.05, 0.1) is 0 Å². The van der Waals surface area contributed by atoms with Gasteiger partial charge >= 0.3 is 0 Å². The van der Waals surface area contributed by atoms with Crippen molar-refractivity contribution >= 4 is 15.9 Å². The van der Waals surface area contributed by atoms with Crippen molar-refractivity contribution in [2.24, 2.45) is 5.18 Å². The maximum absolute atomic E-state index is 10.2. The molecular formula is C9H8BrNO3. The van der Waals surface area contributed by atoms with E-state index in [4.69, 9.17) is 9.47 Å². The van der Waals surface area contributed by atoms with Crippen LogP contribution in [0, 0.1) is 4.91 Å². The molecule has 5 heteroatoms. The summed E-state index contributed by atoms with van der Waals surface area (Å²) in [5.41, 5.74) is 0.738. The zero-order valence-corrected chi connectivity index (χ0v) is 9.08. The molecule has 0 aromatic heterocycles. The van der Waals surface area contributed by atoms with Crippen LogP contribution in [0.2, 0.25) is 0 Å². The van der Waals surface area contributed by atoms with Gasteiger partial charge in [0, 0.05) is 17.0 Å². The van der Waals surface area contributed by atoms with Gasteiger partial charge in [0.2, 0.25) is 6.29 Å². The second-order valence-electron chi connectivity index (χ2n) is 2.94. The standard InChI is InChI=1S/C9H8BrNO3/c1-5-13-8-3-2-7(10)6(4-11-12)9(8)14-5/h2-3,5H,4H2,1H3. The van der Waals surface area contributed by atoms with E-state index in [1.807, 2.05) is 6.07 Å². The molecule has 0 bridgehead atoms. The summed E-state index contributed by atoms with van der Waals surface area (Å²) >= 11 is 3.34. The van der Waals surface area contributed by atoms with Gasteiger partial charge in [0.1, 0.15) is 6.54 Å². The van der Waals surface area contributed by atoms with E-state index in [-0.39, 0.29) is 12.8 Å². The van der Waals surface area contributed by atoms with Crippen molar-refractivity contribution in [1.82, 2.24) is 0 Å². The van der Waals surface area contributed by atoms with Crippen molar-refractivity contribution in [1.29, 1.82) is 0 Å². The maximum Gasteiger partial charge on any atom is 0.238 e. The quantitative estimate of drug-likeness (QED) is 0.766. The Bertz CT molecular complexity index is 381. The molecule has 4 nitrogen and oxygen atoms in total. The SMILES string of the molecule is CC1Oc2ccc(Br)c(CN=O)c2O1. The average molecular weight is 258 g/mol. The van der Waals surface area contributed by atoms with Crippen LogP contribution in [0.15, 0.2) is 21.8 Å². The third-order valence-corrected chi connectivity index (χ3v) is 2.71. The minimum absolute atomic E-state index is 0.0832. The normalized spacial score (nSPS) is 18.3.